The molecule has 0 spiro atoms. The first kappa shape index (κ1) is 21.7. The molecule has 1 aliphatic carbocycles. The Morgan fingerprint density at radius 3 is 2.12 bits per heavy atom. The average molecular weight is 663 g/mol. The fourth-order valence-corrected chi connectivity index (χ4v) is 7.94. The number of rotatable bonds is 5. The van der Waals surface area contributed by atoms with E-state index in [4.69, 9.17) is 11.3 Å². The Balaban J connectivity index is 1.22. The highest BCUT2D eigenvalue weighted by Crippen LogP contribution is 2.52. The van der Waals surface area contributed by atoms with Crippen molar-refractivity contribution < 1.29 is 16.8 Å². The Bertz CT molecular complexity index is 3260. The minimum absolute atomic E-state index is 0.118. The van der Waals surface area contributed by atoms with Gasteiger partial charge in [-0.05, 0) is 98.3 Å². The van der Waals surface area contributed by atoms with Gasteiger partial charge >= 0.3 is 0 Å². The SMILES string of the molecule is [2H]c1c([2H])c([2H])c(N(c2cccc(-c3cccc4oc5c6ccccc6ccc5c34)c2)c2c([2H])c([2H])c(-c3cccc4c3C(C)(C)c3ccccc3-4)c([2H])c2[2H])c([2H])c1[2H]. The summed E-state index contributed by atoms with van der Waals surface area (Å²) in [4.78, 5) is 1.28. The summed E-state index contributed by atoms with van der Waals surface area (Å²) < 4.78 is 88.7. The largest absolute Gasteiger partial charge is 0.455 e. The Labute approximate surface area is 310 Å². The second kappa shape index (κ2) is 11.3. The fraction of sp³-hybridized carbons (Fsp3) is 0.0612. The molecule has 0 fully saturated rings. The Hall–Kier alpha value is -6.38. The first-order chi connectivity index (χ1) is 28.8. The Morgan fingerprint density at radius 2 is 1.24 bits per heavy atom. The number of anilines is 3. The standard InChI is InChI=1S/C49H35NO/c1-49(2)44-23-9-8-19-41(44)42-22-11-21-39(47(42)49)33-25-28-36(29-26-33)50(35-15-4-3-5-16-35)37-17-10-14-34(31-37)38-20-12-24-45-46(38)43-30-27-32-13-6-7-18-40(32)48(43)51-45/h3-31H,1-2H3/i3D,4D,5D,15D,16D,25D,26D,28D,29D. The molecule has 9 aromatic rings. The van der Waals surface area contributed by atoms with Crippen LogP contribution in [0.25, 0.3) is 66.1 Å². The lowest BCUT2D eigenvalue weighted by Crippen LogP contribution is -2.16. The molecule has 51 heavy (non-hydrogen) atoms. The molecular weight excluding hydrogens is 619 g/mol. The van der Waals surface area contributed by atoms with Crippen LogP contribution >= 0.6 is 0 Å². The number of hydrogen-bond donors (Lipinski definition) is 0. The molecule has 242 valence electrons. The Kier molecular flexibility index (Phi) is 4.81. The van der Waals surface area contributed by atoms with Gasteiger partial charge in [-0.25, -0.2) is 0 Å². The molecule has 0 bridgehead atoms. The van der Waals surface area contributed by atoms with E-state index in [0.717, 1.165) is 54.9 Å². The predicted octanol–water partition coefficient (Wildman–Crippen LogP) is 13.8. The first-order valence-electron chi connectivity index (χ1n) is 21.5. The molecule has 2 nitrogen and oxygen atoms in total. The summed E-state index contributed by atoms with van der Waals surface area (Å²) in [5.41, 5.74) is 6.80. The number of para-hydroxylation sites is 1. The smallest absolute Gasteiger partial charge is 0.143 e. The molecule has 0 saturated heterocycles. The molecular formula is C49H35NO. The molecule has 0 radical (unpaired) electrons. The lowest BCUT2D eigenvalue weighted by atomic mass is 9.79. The highest BCUT2D eigenvalue weighted by atomic mass is 16.3. The van der Waals surface area contributed by atoms with E-state index in [9.17, 15) is 5.48 Å². The van der Waals surface area contributed by atoms with Gasteiger partial charge in [-0.15, -0.1) is 0 Å². The lowest BCUT2D eigenvalue weighted by molar-refractivity contribution is 0.662. The predicted molar refractivity (Wildman–Crippen MR) is 214 cm³/mol. The molecule has 0 aliphatic heterocycles. The van der Waals surface area contributed by atoms with Crippen molar-refractivity contribution in [1.82, 2.24) is 0 Å². The molecule has 1 aliphatic rings. The fourth-order valence-electron chi connectivity index (χ4n) is 7.94. The minimum Gasteiger partial charge on any atom is -0.455 e. The van der Waals surface area contributed by atoms with Crippen LogP contribution in [0.1, 0.15) is 37.3 Å². The number of fused-ring (bicyclic) bond motifs is 8. The van der Waals surface area contributed by atoms with Crippen LogP contribution < -0.4 is 4.90 Å². The summed E-state index contributed by atoms with van der Waals surface area (Å²) in [7, 11) is 0. The Morgan fingerprint density at radius 1 is 0.529 bits per heavy atom. The van der Waals surface area contributed by atoms with Crippen LogP contribution in [-0.2, 0) is 5.41 Å². The van der Waals surface area contributed by atoms with Crippen molar-refractivity contribution in [3.63, 3.8) is 0 Å². The van der Waals surface area contributed by atoms with Crippen molar-refractivity contribution >= 4 is 49.8 Å². The first-order valence-corrected chi connectivity index (χ1v) is 17.0. The van der Waals surface area contributed by atoms with E-state index < -0.39 is 47.7 Å². The molecule has 0 N–H and O–H groups in total. The van der Waals surface area contributed by atoms with E-state index >= 15 is 0 Å². The van der Waals surface area contributed by atoms with Gasteiger partial charge in [0.15, 0.2) is 0 Å². The summed E-state index contributed by atoms with van der Waals surface area (Å²) in [5, 5.41) is 3.77. The summed E-state index contributed by atoms with van der Waals surface area (Å²) >= 11 is 0. The van der Waals surface area contributed by atoms with Gasteiger partial charge in [0.1, 0.15) is 11.2 Å². The quantitative estimate of drug-likeness (QED) is 0.182. The maximum atomic E-state index is 9.63. The third-order valence-corrected chi connectivity index (χ3v) is 10.2. The van der Waals surface area contributed by atoms with Gasteiger partial charge in [-0.3, -0.25) is 0 Å². The van der Waals surface area contributed by atoms with Crippen molar-refractivity contribution in [2.45, 2.75) is 19.3 Å². The molecule has 0 unspecified atom stereocenters. The van der Waals surface area contributed by atoms with Crippen molar-refractivity contribution in [1.29, 1.82) is 0 Å². The summed E-state index contributed by atoms with van der Waals surface area (Å²) in [5.74, 6) is 0. The molecule has 0 amide bonds. The van der Waals surface area contributed by atoms with E-state index in [1.54, 1.807) is 18.2 Å². The van der Waals surface area contributed by atoms with Gasteiger partial charge in [0.25, 0.3) is 0 Å². The summed E-state index contributed by atoms with van der Waals surface area (Å²) in [6.45, 7) is 4.18. The van der Waals surface area contributed by atoms with Crippen LogP contribution in [0.15, 0.2) is 180 Å². The van der Waals surface area contributed by atoms with E-state index in [2.05, 4.69) is 32.0 Å². The molecule has 1 heterocycles. The minimum atomic E-state index is -0.595. The number of furan rings is 1. The van der Waals surface area contributed by atoms with Gasteiger partial charge < -0.3 is 9.32 Å². The zero-order valence-electron chi connectivity index (χ0n) is 36.9. The van der Waals surface area contributed by atoms with Crippen LogP contribution in [-0.4, -0.2) is 0 Å². The third-order valence-electron chi connectivity index (χ3n) is 10.2. The maximum Gasteiger partial charge on any atom is 0.143 e. The van der Waals surface area contributed by atoms with Crippen LogP contribution in [0.4, 0.5) is 17.1 Å². The lowest BCUT2D eigenvalue weighted by Gasteiger charge is -2.27. The number of nitrogens with zero attached hydrogens (tertiary/aromatic N) is 1. The van der Waals surface area contributed by atoms with Gasteiger partial charge in [0.2, 0.25) is 0 Å². The zero-order valence-corrected chi connectivity index (χ0v) is 27.9. The van der Waals surface area contributed by atoms with Gasteiger partial charge in [-0.1, -0.05) is 141 Å². The molecule has 2 heteroatoms. The third kappa shape index (κ3) is 4.57. The zero-order chi connectivity index (χ0) is 41.9. The summed E-state index contributed by atoms with van der Waals surface area (Å²) in [6.07, 6.45) is 0. The van der Waals surface area contributed by atoms with Crippen molar-refractivity contribution in [2.24, 2.45) is 0 Å². The van der Waals surface area contributed by atoms with E-state index in [1.165, 1.54) is 4.90 Å². The second-order valence-corrected chi connectivity index (χ2v) is 13.4. The topological polar surface area (TPSA) is 16.4 Å². The van der Waals surface area contributed by atoms with Gasteiger partial charge in [0, 0.05) is 38.6 Å². The number of benzene rings is 8. The van der Waals surface area contributed by atoms with E-state index in [1.807, 2.05) is 84.9 Å². The summed E-state index contributed by atoms with van der Waals surface area (Å²) in [6, 6.07) is 34.4. The molecule has 0 saturated carbocycles. The molecule has 10 rings (SSSR count). The number of hydrogen-bond acceptors (Lipinski definition) is 2. The maximum absolute atomic E-state index is 9.63. The van der Waals surface area contributed by atoms with Crippen molar-refractivity contribution in [3.8, 4) is 33.4 Å². The normalized spacial score (nSPS) is 15.5. The average Bonchev–Trinajstić information content (AvgIpc) is 3.77. The van der Waals surface area contributed by atoms with Crippen LogP contribution in [0.3, 0.4) is 0 Å². The van der Waals surface area contributed by atoms with E-state index in [-0.39, 0.29) is 34.7 Å². The molecule has 1 aromatic heterocycles. The monoisotopic (exact) mass is 662 g/mol. The van der Waals surface area contributed by atoms with Gasteiger partial charge in [-0.2, -0.15) is 0 Å². The highest BCUT2D eigenvalue weighted by molar-refractivity contribution is 6.19. The molecule has 0 atom stereocenters. The van der Waals surface area contributed by atoms with Crippen LogP contribution in [0.2, 0.25) is 0 Å². The van der Waals surface area contributed by atoms with Crippen molar-refractivity contribution in [3.05, 3.63) is 187 Å². The van der Waals surface area contributed by atoms with Crippen LogP contribution in [0, 0.1) is 0 Å². The highest BCUT2D eigenvalue weighted by Gasteiger charge is 2.37. The van der Waals surface area contributed by atoms with Gasteiger partial charge in [0.05, 0.1) is 12.3 Å². The van der Waals surface area contributed by atoms with Crippen molar-refractivity contribution in [2.75, 3.05) is 4.90 Å². The van der Waals surface area contributed by atoms with Crippen LogP contribution in [0.5, 0.6) is 0 Å². The second-order valence-electron chi connectivity index (χ2n) is 13.4. The molecule has 8 aromatic carbocycles. The van der Waals surface area contributed by atoms with E-state index in [0.29, 0.717) is 16.7 Å².